The highest BCUT2D eigenvalue weighted by Gasteiger charge is 2.38. The molecule has 0 heterocycles. The Labute approximate surface area is 142 Å². The van der Waals surface area contributed by atoms with Gasteiger partial charge < -0.3 is 10.8 Å². The summed E-state index contributed by atoms with van der Waals surface area (Å²) in [4.78, 5) is 11.4. The maximum absolute atomic E-state index is 11.4. The van der Waals surface area contributed by atoms with Gasteiger partial charge in [-0.1, -0.05) is 60.7 Å². The topological polar surface area (TPSA) is 63.3 Å². The quantitative estimate of drug-likeness (QED) is 0.710. The van der Waals surface area contributed by atoms with Gasteiger partial charge in [0, 0.05) is 4.75 Å². The van der Waals surface area contributed by atoms with Gasteiger partial charge in [-0.05, 0) is 24.0 Å². The highest BCUT2D eigenvalue weighted by molar-refractivity contribution is 7.82. The summed E-state index contributed by atoms with van der Waals surface area (Å²) < 4.78 is -0.839. The van der Waals surface area contributed by atoms with E-state index >= 15 is 0 Å². The van der Waals surface area contributed by atoms with Gasteiger partial charge in [0.25, 0.3) is 0 Å². The van der Waals surface area contributed by atoms with Gasteiger partial charge in [0.15, 0.2) is 0 Å². The first-order valence-corrected chi connectivity index (χ1v) is 7.24. The van der Waals surface area contributed by atoms with Crippen molar-refractivity contribution < 1.29 is 9.90 Å². The van der Waals surface area contributed by atoms with Gasteiger partial charge in [-0.25, -0.2) is 0 Å². The van der Waals surface area contributed by atoms with Crippen LogP contribution in [0.25, 0.3) is 0 Å². The Bertz CT molecular complexity index is 551. The van der Waals surface area contributed by atoms with E-state index in [0.29, 0.717) is 12.8 Å². The zero-order valence-corrected chi connectivity index (χ0v) is 13.8. The van der Waals surface area contributed by atoms with Gasteiger partial charge in [-0.3, -0.25) is 4.79 Å². The molecule has 0 saturated carbocycles. The predicted molar refractivity (Wildman–Crippen MR) is 94.9 cm³/mol. The number of carboxylic acids is 1. The summed E-state index contributed by atoms with van der Waals surface area (Å²) in [5, 5.41) is 9.30. The van der Waals surface area contributed by atoms with E-state index < -0.39 is 16.8 Å². The number of aliphatic carboxylic acids is 1. The molecule has 1 atom stereocenters. The molecule has 0 aromatic heterocycles. The third kappa shape index (κ3) is 4.77. The van der Waals surface area contributed by atoms with Crippen molar-refractivity contribution >= 4 is 31.0 Å². The largest absolute Gasteiger partial charge is 0.480 e. The molecule has 5 heteroatoms. The number of benzene rings is 2. The van der Waals surface area contributed by atoms with Crippen molar-refractivity contribution in [3.63, 3.8) is 0 Å². The smallest absolute Gasteiger partial charge is 0.321 e. The van der Waals surface area contributed by atoms with Crippen LogP contribution in [-0.2, 0) is 17.6 Å². The van der Waals surface area contributed by atoms with Gasteiger partial charge in [-0.2, -0.15) is 12.6 Å². The summed E-state index contributed by atoms with van der Waals surface area (Å²) in [6.07, 6.45) is 0.999. The van der Waals surface area contributed by atoms with Crippen LogP contribution >= 0.6 is 25.0 Å². The molecule has 3 N–H and O–H groups in total. The zero-order chi connectivity index (χ0) is 15.3. The normalized spacial score (nSPS) is 12.3. The molecule has 0 radical (unpaired) electrons. The summed E-state index contributed by atoms with van der Waals surface area (Å²) in [5.41, 5.74) is 7.97. The molecule has 2 aromatic rings. The van der Waals surface area contributed by atoms with Crippen LogP contribution in [0.5, 0.6) is 0 Å². The number of carbonyl (C=O) groups is 1. The molecule has 22 heavy (non-hydrogen) atoms. The van der Waals surface area contributed by atoms with E-state index in [0.717, 1.165) is 11.1 Å². The van der Waals surface area contributed by atoms with E-state index in [9.17, 15) is 9.90 Å². The van der Waals surface area contributed by atoms with Crippen LogP contribution in [-0.4, -0.2) is 21.9 Å². The van der Waals surface area contributed by atoms with Crippen LogP contribution in [0, 0.1) is 0 Å². The van der Waals surface area contributed by atoms with Crippen LogP contribution in [0.2, 0.25) is 0 Å². The first-order chi connectivity index (χ1) is 10.0. The lowest BCUT2D eigenvalue weighted by atomic mass is 9.86. The molecule has 0 fully saturated rings. The van der Waals surface area contributed by atoms with E-state index in [1.54, 1.807) is 0 Å². The minimum atomic E-state index is -1.04. The number of carboxylic acid groups (broad SMARTS) is 1. The fraction of sp³-hybridized carbons (Fsp3) is 0.235. The molecule has 0 bridgehead atoms. The molecule has 0 aliphatic heterocycles. The molecular weight excluding hydrogens is 318 g/mol. The van der Waals surface area contributed by atoms with Gasteiger partial charge >= 0.3 is 5.97 Å². The molecule has 1 unspecified atom stereocenters. The molecule has 0 amide bonds. The summed E-state index contributed by atoms with van der Waals surface area (Å²) in [6, 6.07) is 18.4. The lowest BCUT2D eigenvalue weighted by Crippen LogP contribution is -2.52. The lowest BCUT2D eigenvalue weighted by Gasteiger charge is -2.32. The van der Waals surface area contributed by atoms with Crippen molar-refractivity contribution in [2.75, 3.05) is 0 Å². The van der Waals surface area contributed by atoms with E-state index in [-0.39, 0.29) is 12.4 Å². The average Bonchev–Trinajstić information content (AvgIpc) is 2.48. The second-order valence-corrected chi connectivity index (χ2v) is 6.13. The standard InChI is InChI=1S/C17H19NO2S.ClH/c18-15(16(19)20)17(21,11-13-7-3-1-4-8-13)12-14-9-5-2-6-10-14;/h1-10,15,21H,11-12,18H2,(H,19,20);1H. The van der Waals surface area contributed by atoms with Crippen molar-refractivity contribution in [3.05, 3.63) is 71.8 Å². The van der Waals surface area contributed by atoms with Crippen molar-refractivity contribution in [1.82, 2.24) is 0 Å². The first kappa shape index (κ1) is 18.6. The highest BCUT2D eigenvalue weighted by atomic mass is 35.5. The Morgan fingerprint density at radius 3 is 1.68 bits per heavy atom. The maximum Gasteiger partial charge on any atom is 0.321 e. The summed E-state index contributed by atoms with van der Waals surface area (Å²) in [7, 11) is 0. The number of thiol groups is 1. The van der Waals surface area contributed by atoms with Gasteiger partial charge in [0.1, 0.15) is 6.04 Å². The molecule has 0 saturated heterocycles. The summed E-state index contributed by atoms with van der Waals surface area (Å²) >= 11 is 4.67. The second-order valence-electron chi connectivity index (χ2n) is 5.24. The number of rotatable bonds is 6. The van der Waals surface area contributed by atoms with Crippen LogP contribution in [0.1, 0.15) is 11.1 Å². The third-order valence-electron chi connectivity index (χ3n) is 3.55. The Morgan fingerprint density at radius 1 is 1.00 bits per heavy atom. The van der Waals surface area contributed by atoms with Crippen LogP contribution in [0.4, 0.5) is 0 Å². The molecule has 0 aliphatic rings. The van der Waals surface area contributed by atoms with E-state index in [2.05, 4.69) is 12.6 Å². The van der Waals surface area contributed by atoms with E-state index in [1.807, 2.05) is 60.7 Å². The Morgan fingerprint density at radius 2 is 1.36 bits per heavy atom. The van der Waals surface area contributed by atoms with Crippen molar-refractivity contribution in [2.45, 2.75) is 23.6 Å². The summed E-state index contributed by atoms with van der Waals surface area (Å²) in [6.45, 7) is 0. The fourth-order valence-corrected chi connectivity index (χ4v) is 2.89. The monoisotopic (exact) mass is 337 g/mol. The Balaban J connectivity index is 0.00000242. The van der Waals surface area contributed by atoms with Crippen LogP contribution < -0.4 is 5.73 Å². The molecular formula is C17H20ClNO2S. The minimum absolute atomic E-state index is 0. The van der Waals surface area contributed by atoms with Crippen LogP contribution in [0.15, 0.2) is 60.7 Å². The van der Waals surface area contributed by atoms with Crippen molar-refractivity contribution in [1.29, 1.82) is 0 Å². The third-order valence-corrected chi connectivity index (χ3v) is 4.15. The van der Waals surface area contributed by atoms with E-state index in [4.69, 9.17) is 5.73 Å². The Kier molecular flexibility index (Phi) is 6.94. The fourth-order valence-electron chi connectivity index (χ4n) is 2.41. The highest BCUT2D eigenvalue weighted by Crippen LogP contribution is 2.29. The maximum atomic E-state index is 11.4. The van der Waals surface area contributed by atoms with Crippen molar-refractivity contribution in [2.24, 2.45) is 5.73 Å². The average molecular weight is 338 g/mol. The molecule has 2 rings (SSSR count). The molecule has 0 aliphatic carbocycles. The van der Waals surface area contributed by atoms with Gasteiger partial charge in [0.05, 0.1) is 0 Å². The van der Waals surface area contributed by atoms with E-state index in [1.165, 1.54) is 0 Å². The SMILES string of the molecule is Cl.NC(C(=O)O)C(S)(Cc1ccccc1)Cc1ccccc1. The number of nitrogens with two attached hydrogens (primary N) is 1. The number of hydrogen-bond donors (Lipinski definition) is 3. The number of hydrogen-bond acceptors (Lipinski definition) is 3. The molecule has 118 valence electrons. The molecule has 0 spiro atoms. The summed E-state index contributed by atoms with van der Waals surface area (Å²) in [5.74, 6) is -1.03. The zero-order valence-electron chi connectivity index (χ0n) is 12.1. The Hall–Kier alpha value is -1.49. The molecule has 2 aromatic carbocycles. The van der Waals surface area contributed by atoms with Crippen molar-refractivity contribution in [3.8, 4) is 0 Å². The second kappa shape index (κ2) is 8.22. The minimum Gasteiger partial charge on any atom is -0.480 e. The van der Waals surface area contributed by atoms with Gasteiger partial charge in [0.2, 0.25) is 0 Å². The lowest BCUT2D eigenvalue weighted by molar-refractivity contribution is -0.139. The van der Waals surface area contributed by atoms with Gasteiger partial charge in [-0.15, -0.1) is 12.4 Å². The number of halogens is 1. The first-order valence-electron chi connectivity index (χ1n) is 6.80. The van der Waals surface area contributed by atoms with Crippen LogP contribution in [0.3, 0.4) is 0 Å². The predicted octanol–water partition coefficient (Wildman–Crippen LogP) is 2.97. The molecule has 3 nitrogen and oxygen atoms in total.